The van der Waals surface area contributed by atoms with Crippen molar-refractivity contribution in [2.75, 3.05) is 11.9 Å². The van der Waals surface area contributed by atoms with Gasteiger partial charge in [-0.15, -0.1) is 0 Å². The summed E-state index contributed by atoms with van der Waals surface area (Å²) in [6.07, 6.45) is 4.85. The van der Waals surface area contributed by atoms with Gasteiger partial charge in [-0.2, -0.15) is 5.10 Å². The minimum Gasteiger partial charge on any atom is -0.463 e. The zero-order valence-electron chi connectivity index (χ0n) is 12.1. The number of fused-ring (bicyclic) bond motifs is 1. The highest BCUT2D eigenvalue weighted by molar-refractivity contribution is 5.68. The lowest BCUT2D eigenvalue weighted by Gasteiger charge is -2.09. The van der Waals surface area contributed by atoms with Gasteiger partial charge in [0.05, 0.1) is 12.0 Å². The first-order valence-electron chi connectivity index (χ1n) is 7.48. The molecule has 0 bridgehead atoms. The van der Waals surface area contributed by atoms with Gasteiger partial charge in [0, 0.05) is 12.1 Å². The minimum atomic E-state index is -0.249. The van der Waals surface area contributed by atoms with Gasteiger partial charge >= 0.3 is 0 Å². The Morgan fingerprint density at radius 2 is 2.00 bits per heavy atom. The average Bonchev–Trinajstić information content (AvgIpc) is 3.10. The smallest absolute Gasteiger partial charge is 0.154 e. The number of aromatic nitrogens is 2. The van der Waals surface area contributed by atoms with Gasteiger partial charge in [-0.05, 0) is 55.7 Å². The standard InChI is InChI=1S/C17H16FN3O/c18-12-6-8-13(9-7-12)21-17-14(4-1-2-10-19-17)16(20-21)15-5-3-11-22-15/h3,5-9,11,19H,1-2,4,10H2. The van der Waals surface area contributed by atoms with Crippen LogP contribution in [0.2, 0.25) is 0 Å². The quantitative estimate of drug-likeness (QED) is 0.777. The van der Waals surface area contributed by atoms with Gasteiger partial charge in [0.15, 0.2) is 5.76 Å². The molecule has 3 aromatic rings. The summed E-state index contributed by atoms with van der Waals surface area (Å²) in [7, 11) is 0. The summed E-state index contributed by atoms with van der Waals surface area (Å²) in [6.45, 7) is 0.914. The molecule has 0 fully saturated rings. The van der Waals surface area contributed by atoms with Gasteiger partial charge in [0.2, 0.25) is 0 Å². The molecule has 5 heteroatoms. The molecular weight excluding hydrogens is 281 g/mol. The van der Waals surface area contributed by atoms with Gasteiger partial charge in [-0.3, -0.25) is 0 Å². The van der Waals surface area contributed by atoms with Crippen LogP contribution in [0.4, 0.5) is 10.2 Å². The summed E-state index contributed by atoms with van der Waals surface area (Å²) in [4.78, 5) is 0. The highest BCUT2D eigenvalue weighted by Gasteiger charge is 2.22. The van der Waals surface area contributed by atoms with Crippen LogP contribution in [0.3, 0.4) is 0 Å². The van der Waals surface area contributed by atoms with Crippen LogP contribution >= 0.6 is 0 Å². The van der Waals surface area contributed by atoms with E-state index in [2.05, 4.69) is 5.32 Å². The molecule has 0 spiro atoms. The SMILES string of the molecule is Fc1ccc(-n2nc(-c3ccco3)c3c2NCCCC3)cc1. The van der Waals surface area contributed by atoms with Crippen molar-refractivity contribution in [2.24, 2.45) is 0 Å². The number of rotatable bonds is 2. The summed E-state index contributed by atoms with van der Waals surface area (Å²) in [5.74, 6) is 1.50. The van der Waals surface area contributed by atoms with Crippen molar-refractivity contribution in [3.8, 4) is 17.1 Å². The molecule has 0 radical (unpaired) electrons. The van der Waals surface area contributed by atoms with E-state index in [0.717, 1.165) is 54.3 Å². The number of benzene rings is 1. The van der Waals surface area contributed by atoms with Crippen LogP contribution in [-0.4, -0.2) is 16.3 Å². The normalized spacial score (nSPS) is 14.2. The number of furan rings is 1. The largest absolute Gasteiger partial charge is 0.463 e. The lowest BCUT2D eigenvalue weighted by atomic mass is 10.1. The van der Waals surface area contributed by atoms with E-state index in [1.54, 1.807) is 18.4 Å². The molecule has 112 valence electrons. The number of anilines is 1. The van der Waals surface area contributed by atoms with Crippen molar-refractivity contribution in [2.45, 2.75) is 19.3 Å². The van der Waals surface area contributed by atoms with Crippen molar-refractivity contribution >= 4 is 5.82 Å². The summed E-state index contributed by atoms with van der Waals surface area (Å²) in [5, 5.41) is 8.17. The number of nitrogens with zero attached hydrogens (tertiary/aromatic N) is 2. The second-order valence-corrected chi connectivity index (χ2v) is 5.43. The monoisotopic (exact) mass is 297 g/mol. The summed E-state index contributed by atoms with van der Waals surface area (Å²) >= 11 is 0. The van der Waals surface area contributed by atoms with E-state index in [4.69, 9.17) is 9.52 Å². The Balaban J connectivity index is 1.89. The molecule has 4 rings (SSSR count). The highest BCUT2D eigenvalue weighted by Crippen LogP contribution is 2.34. The molecule has 0 saturated heterocycles. The summed E-state index contributed by atoms with van der Waals surface area (Å²) in [6, 6.07) is 10.2. The molecule has 22 heavy (non-hydrogen) atoms. The van der Waals surface area contributed by atoms with Gasteiger partial charge in [0.25, 0.3) is 0 Å². The van der Waals surface area contributed by atoms with Crippen molar-refractivity contribution in [1.29, 1.82) is 0 Å². The van der Waals surface area contributed by atoms with Crippen molar-refractivity contribution < 1.29 is 8.81 Å². The van der Waals surface area contributed by atoms with E-state index in [1.165, 1.54) is 12.1 Å². The first kappa shape index (κ1) is 13.1. The minimum absolute atomic E-state index is 0.249. The average molecular weight is 297 g/mol. The molecule has 1 aliphatic rings. The maximum Gasteiger partial charge on any atom is 0.154 e. The van der Waals surface area contributed by atoms with Gasteiger partial charge in [-0.25, -0.2) is 9.07 Å². The molecular formula is C17H16FN3O. The lowest BCUT2D eigenvalue weighted by Crippen LogP contribution is -2.07. The Morgan fingerprint density at radius 3 is 2.77 bits per heavy atom. The van der Waals surface area contributed by atoms with Crippen molar-refractivity contribution in [3.05, 3.63) is 54.0 Å². The van der Waals surface area contributed by atoms with E-state index in [9.17, 15) is 4.39 Å². The maximum absolute atomic E-state index is 13.2. The van der Waals surface area contributed by atoms with E-state index in [1.807, 2.05) is 16.8 Å². The third-order valence-corrected chi connectivity index (χ3v) is 3.96. The zero-order chi connectivity index (χ0) is 14.9. The molecule has 1 aliphatic heterocycles. The number of hydrogen-bond donors (Lipinski definition) is 1. The van der Waals surface area contributed by atoms with E-state index in [0.29, 0.717) is 0 Å². The van der Waals surface area contributed by atoms with Crippen LogP contribution in [0.25, 0.3) is 17.1 Å². The number of nitrogens with one attached hydrogen (secondary N) is 1. The van der Waals surface area contributed by atoms with Gasteiger partial charge in [-0.1, -0.05) is 0 Å². The van der Waals surface area contributed by atoms with Crippen LogP contribution in [0.5, 0.6) is 0 Å². The van der Waals surface area contributed by atoms with Crippen molar-refractivity contribution in [1.82, 2.24) is 9.78 Å². The third kappa shape index (κ3) is 2.19. The molecule has 2 aromatic heterocycles. The van der Waals surface area contributed by atoms with E-state index in [-0.39, 0.29) is 5.82 Å². The number of hydrogen-bond acceptors (Lipinski definition) is 3. The Bertz CT molecular complexity index is 775. The van der Waals surface area contributed by atoms with Crippen LogP contribution in [-0.2, 0) is 6.42 Å². The molecule has 4 nitrogen and oxygen atoms in total. The number of halogens is 1. The van der Waals surface area contributed by atoms with Crippen LogP contribution < -0.4 is 5.32 Å². The van der Waals surface area contributed by atoms with Crippen LogP contribution in [0, 0.1) is 5.82 Å². The highest BCUT2D eigenvalue weighted by atomic mass is 19.1. The van der Waals surface area contributed by atoms with Crippen molar-refractivity contribution in [3.63, 3.8) is 0 Å². The van der Waals surface area contributed by atoms with Gasteiger partial charge < -0.3 is 9.73 Å². The fourth-order valence-electron chi connectivity index (χ4n) is 2.88. The predicted molar refractivity (Wildman–Crippen MR) is 82.7 cm³/mol. The van der Waals surface area contributed by atoms with E-state index >= 15 is 0 Å². The lowest BCUT2D eigenvalue weighted by molar-refractivity contribution is 0.578. The zero-order valence-corrected chi connectivity index (χ0v) is 12.1. The molecule has 1 aromatic carbocycles. The molecule has 0 unspecified atom stereocenters. The second kappa shape index (κ2) is 5.33. The molecule has 3 heterocycles. The molecule has 0 saturated carbocycles. The summed E-state index contributed by atoms with van der Waals surface area (Å²) < 4.78 is 20.6. The van der Waals surface area contributed by atoms with Gasteiger partial charge in [0.1, 0.15) is 17.3 Å². The third-order valence-electron chi connectivity index (χ3n) is 3.96. The Kier molecular flexibility index (Phi) is 3.18. The Hall–Kier alpha value is -2.56. The Morgan fingerprint density at radius 1 is 1.14 bits per heavy atom. The maximum atomic E-state index is 13.2. The Labute approximate surface area is 127 Å². The summed E-state index contributed by atoms with van der Waals surface area (Å²) in [5.41, 5.74) is 2.86. The molecule has 0 atom stereocenters. The topological polar surface area (TPSA) is 43.0 Å². The molecule has 0 amide bonds. The first-order chi connectivity index (χ1) is 10.8. The fraction of sp³-hybridized carbons (Fsp3) is 0.235. The predicted octanol–water partition coefficient (Wildman–Crippen LogP) is 4.02. The van der Waals surface area contributed by atoms with E-state index < -0.39 is 0 Å². The molecule has 0 aliphatic carbocycles. The second-order valence-electron chi connectivity index (χ2n) is 5.43. The van der Waals surface area contributed by atoms with Crippen LogP contribution in [0.15, 0.2) is 47.1 Å². The first-order valence-corrected chi connectivity index (χ1v) is 7.48. The van der Waals surface area contributed by atoms with Crippen LogP contribution in [0.1, 0.15) is 18.4 Å². The molecule has 1 N–H and O–H groups in total. The fourth-order valence-corrected chi connectivity index (χ4v) is 2.88.